The lowest BCUT2D eigenvalue weighted by Crippen LogP contribution is -2.45. The fourth-order valence-corrected chi connectivity index (χ4v) is 1.76. The standard InChI is InChI=1S/C12H20N2O4/c15-11(16)7-14(10-3-4-10)12(17)13-5-6-18-8-9-1-2-9/h9-10H,1-8H2,(H,13,17)(H,15,16). The van der Waals surface area contributed by atoms with Gasteiger partial charge in [0.25, 0.3) is 0 Å². The maximum absolute atomic E-state index is 11.8. The summed E-state index contributed by atoms with van der Waals surface area (Å²) >= 11 is 0. The van der Waals surface area contributed by atoms with Gasteiger partial charge in [-0.3, -0.25) is 4.79 Å². The first-order chi connectivity index (χ1) is 8.66. The van der Waals surface area contributed by atoms with Crippen LogP contribution in [-0.2, 0) is 9.53 Å². The molecule has 6 heteroatoms. The van der Waals surface area contributed by atoms with Crippen molar-refractivity contribution in [2.24, 2.45) is 5.92 Å². The minimum atomic E-state index is -0.970. The number of urea groups is 1. The van der Waals surface area contributed by atoms with Crippen LogP contribution in [0.4, 0.5) is 4.79 Å². The van der Waals surface area contributed by atoms with E-state index in [0.717, 1.165) is 25.4 Å². The van der Waals surface area contributed by atoms with Crippen LogP contribution in [0.1, 0.15) is 25.7 Å². The smallest absolute Gasteiger partial charge is 0.323 e. The number of rotatable bonds is 8. The maximum atomic E-state index is 11.8. The Balaban J connectivity index is 1.59. The largest absolute Gasteiger partial charge is 0.480 e. The van der Waals surface area contributed by atoms with Crippen LogP contribution in [0.15, 0.2) is 0 Å². The summed E-state index contributed by atoms with van der Waals surface area (Å²) in [5, 5.41) is 11.4. The van der Waals surface area contributed by atoms with Crippen LogP contribution in [0.25, 0.3) is 0 Å². The second kappa shape index (κ2) is 6.04. The van der Waals surface area contributed by atoms with Gasteiger partial charge in [0.2, 0.25) is 0 Å². The van der Waals surface area contributed by atoms with Crippen molar-refractivity contribution in [3.05, 3.63) is 0 Å². The van der Waals surface area contributed by atoms with Crippen LogP contribution in [0.5, 0.6) is 0 Å². The summed E-state index contributed by atoms with van der Waals surface area (Å²) in [7, 11) is 0. The van der Waals surface area contributed by atoms with E-state index in [1.54, 1.807) is 0 Å². The summed E-state index contributed by atoms with van der Waals surface area (Å²) in [4.78, 5) is 23.8. The van der Waals surface area contributed by atoms with Crippen LogP contribution < -0.4 is 5.32 Å². The first-order valence-electron chi connectivity index (χ1n) is 6.51. The first-order valence-corrected chi connectivity index (χ1v) is 6.51. The number of hydrogen-bond donors (Lipinski definition) is 2. The number of amides is 2. The Morgan fingerprint density at radius 2 is 2.00 bits per heavy atom. The predicted molar refractivity (Wildman–Crippen MR) is 64.3 cm³/mol. The van der Waals surface area contributed by atoms with Gasteiger partial charge in [-0.15, -0.1) is 0 Å². The van der Waals surface area contributed by atoms with Gasteiger partial charge in [0, 0.05) is 19.2 Å². The van der Waals surface area contributed by atoms with Gasteiger partial charge in [-0.05, 0) is 31.6 Å². The molecule has 0 unspecified atom stereocenters. The number of carboxylic acid groups (broad SMARTS) is 1. The Morgan fingerprint density at radius 1 is 1.28 bits per heavy atom. The van der Waals surface area contributed by atoms with Gasteiger partial charge in [0.1, 0.15) is 6.54 Å². The summed E-state index contributed by atoms with van der Waals surface area (Å²) in [5.41, 5.74) is 0. The second-order valence-electron chi connectivity index (χ2n) is 5.00. The third kappa shape index (κ3) is 4.52. The minimum absolute atomic E-state index is 0.105. The molecule has 0 aromatic rings. The van der Waals surface area contributed by atoms with E-state index in [0.29, 0.717) is 13.2 Å². The Labute approximate surface area is 106 Å². The molecule has 2 saturated carbocycles. The van der Waals surface area contributed by atoms with Gasteiger partial charge in [-0.25, -0.2) is 4.79 Å². The van der Waals surface area contributed by atoms with Crippen LogP contribution in [0.3, 0.4) is 0 Å². The molecule has 2 aliphatic rings. The molecule has 2 fully saturated rings. The SMILES string of the molecule is O=C(O)CN(C(=O)NCCOCC1CC1)C1CC1. The van der Waals surface area contributed by atoms with Crippen molar-refractivity contribution in [2.75, 3.05) is 26.3 Å². The van der Waals surface area contributed by atoms with E-state index in [-0.39, 0.29) is 18.6 Å². The molecule has 0 aromatic heterocycles. The number of hydrogen-bond acceptors (Lipinski definition) is 3. The quantitative estimate of drug-likeness (QED) is 0.626. The number of ether oxygens (including phenoxy) is 1. The van der Waals surface area contributed by atoms with Gasteiger partial charge in [0.05, 0.1) is 6.61 Å². The zero-order valence-electron chi connectivity index (χ0n) is 10.4. The molecule has 0 spiro atoms. The van der Waals surface area contributed by atoms with Crippen molar-refractivity contribution in [3.63, 3.8) is 0 Å². The lowest BCUT2D eigenvalue weighted by Gasteiger charge is -2.20. The summed E-state index contributed by atoms with van der Waals surface area (Å²) in [6.45, 7) is 1.49. The minimum Gasteiger partial charge on any atom is -0.480 e. The number of carboxylic acids is 1. The number of carbonyl (C=O) groups is 2. The molecule has 0 atom stereocenters. The molecular formula is C12H20N2O4. The van der Waals surface area contributed by atoms with E-state index in [9.17, 15) is 9.59 Å². The Bertz CT molecular complexity index is 313. The highest BCUT2D eigenvalue weighted by Gasteiger charge is 2.33. The van der Waals surface area contributed by atoms with Gasteiger partial charge in [0.15, 0.2) is 0 Å². The molecule has 0 aliphatic heterocycles. The molecule has 18 heavy (non-hydrogen) atoms. The first kappa shape index (κ1) is 13.1. The van der Waals surface area contributed by atoms with Crippen molar-refractivity contribution in [2.45, 2.75) is 31.7 Å². The molecule has 0 radical (unpaired) electrons. The molecule has 0 aromatic carbocycles. The molecule has 0 saturated heterocycles. The Hall–Kier alpha value is -1.30. The maximum Gasteiger partial charge on any atom is 0.323 e. The van der Waals surface area contributed by atoms with E-state index in [1.807, 2.05) is 0 Å². The van der Waals surface area contributed by atoms with Crippen LogP contribution >= 0.6 is 0 Å². The van der Waals surface area contributed by atoms with Crippen molar-refractivity contribution < 1.29 is 19.4 Å². The van der Waals surface area contributed by atoms with E-state index >= 15 is 0 Å². The molecule has 2 aliphatic carbocycles. The highest BCUT2D eigenvalue weighted by molar-refractivity contribution is 5.80. The Morgan fingerprint density at radius 3 is 2.56 bits per heavy atom. The fraction of sp³-hybridized carbons (Fsp3) is 0.833. The number of nitrogens with one attached hydrogen (secondary N) is 1. The summed E-state index contributed by atoms with van der Waals surface area (Å²) in [5.74, 6) is -0.252. The second-order valence-corrected chi connectivity index (χ2v) is 5.00. The molecule has 2 N–H and O–H groups in total. The van der Waals surface area contributed by atoms with Gasteiger partial charge in [-0.2, -0.15) is 0 Å². The number of aliphatic carboxylic acids is 1. The highest BCUT2D eigenvalue weighted by atomic mass is 16.5. The lowest BCUT2D eigenvalue weighted by molar-refractivity contribution is -0.137. The topological polar surface area (TPSA) is 78.9 Å². The predicted octanol–water partition coefficient (Wildman–Crippen LogP) is 0.672. The molecule has 6 nitrogen and oxygen atoms in total. The normalized spacial score (nSPS) is 18.4. The van der Waals surface area contributed by atoms with E-state index < -0.39 is 5.97 Å². The summed E-state index contributed by atoms with van der Waals surface area (Å²) in [6, 6.07) is -0.191. The average molecular weight is 256 g/mol. The molecule has 102 valence electrons. The monoisotopic (exact) mass is 256 g/mol. The third-order valence-electron chi connectivity index (χ3n) is 3.13. The summed E-state index contributed by atoms with van der Waals surface area (Å²) in [6.07, 6.45) is 4.30. The zero-order valence-corrected chi connectivity index (χ0v) is 10.4. The fourth-order valence-electron chi connectivity index (χ4n) is 1.76. The van der Waals surface area contributed by atoms with E-state index in [1.165, 1.54) is 17.7 Å². The zero-order chi connectivity index (χ0) is 13.0. The van der Waals surface area contributed by atoms with Crippen molar-refractivity contribution in [3.8, 4) is 0 Å². The number of nitrogens with zero attached hydrogens (tertiary/aromatic N) is 1. The number of carbonyl (C=O) groups excluding carboxylic acids is 1. The Kier molecular flexibility index (Phi) is 4.41. The molecule has 2 rings (SSSR count). The lowest BCUT2D eigenvalue weighted by atomic mass is 10.4. The van der Waals surface area contributed by atoms with Gasteiger partial charge in [-0.1, -0.05) is 0 Å². The van der Waals surface area contributed by atoms with E-state index in [2.05, 4.69) is 5.32 Å². The van der Waals surface area contributed by atoms with E-state index in [4.69, 9.17) is 9.84 Å². The van der Waals surface area contributed by atoms with Crippen molar-refractivity contribution in [1.29, 1.82) is 0 Å². The van der Waals surface area contributed by atoms with Crippen molar-refractivity contribution >= 4 is 12.0 Å². The van der Waals surface area contributed by atoms with Gasteiger partial charge < -0.3 is 20.1 Å². The molecular weight excluding hydrogens is 236 g/mol. The van der Waals surface area contributed by atoms with Crippen LogP contribution in [0.2, 0.25) is 0 Å². The molecule has 2 amide bonds. The van der Waals surface area contributed by atoms with Gasteiger partial charge >= 0.3 is 12.0 Å². The third-order valence-corrected chi connectivity index (χ3v) is 3.13. The average Bonchev–Trinajstić information content (AvgIpc) is 3.16. The molecule has 0 bridgehead atoms. The van der Waals surface area contributed by atoms with Crippen LogP contribution in [0, 0.1) is 5.92 Å². The van der Waals surface area contributed by atoms with Crippen molar-refractivity contribution in [1.82, 2.24) is 10.2 Å². The molecule has 0 heterocycles. The van der Waals surface area contributed by atoms with Crippen LogP contribution in [-0.4, -0.2) is 54.4 Å². The highest BCUT2D eigenvalue weighted by Crippen LogP contribution is 2.28. The summed E-state index contributed by atoms with van der Waals surface area (Å²) < 4.78 is 5.40.